The molecule has 0 saturated carbocycles. The monoisotopic (exact) mass is 213 g/mol. The lowest BCUT2D eigenvalue weighted by Gasteiger charge is -2.29. The summed E-state index contributed by atoms with van der Waals surface area (Å²) in [5.41, 5.74) is 2.04. The van der Waals surface area contributed by atoms with Crippen molar-refractivity contribution < 1.29 is 4.79 Å². The van der Waals surface area contributed by atoms with Gasteiger partial charge in [0.1, 0.15) is 0 Å². The molecule has 0 fully saturated rings. The number of hydrogen-bond donors (Lipinski definition) is 0. The highest BCUT2D eigenvalue weighted by Crippen LogP contribution is 2.47. The maximum Gasteiger partial charge on any atom is 0.237 e. The van der Waals surface area contributed by atoms with Gasteiger partial charge in [-0.3, -0.25) is 4.79 Å². The number of likely N-dealkylation sites (N-methyl/N-ethyl adjacent to an activating group) is 1. The first-order valence-corrected chi connectivity index (χ1v) is 5.78. The number of rotatable bonds is 0. The zero-order valence-electron chi connectivity index (χ0n) is 9.44. The lowest BCUT2D eigenvalue weighted by molar-refractivity contribution is -0.123. The zero-order chi connectivity index (χ0) is 11.2. The van der Waals surface area contributed by atoms with Crippen molar-refractivity contribution in [2.45, 2.75) is 24.7 Å². The Bertz CT molecular complexity index is 477. The third-order valence-corrected chi connectivity index (χ3v) is 3.87. The van der Waals surface area contributed by atoms with Crippen molar-refractivity contribution in [3.63, 3.8) is 0 Å². The first-order valence-electron chi connectivity index (χ1n) is 5.78. The minimum Gasteiger partial charge on any atom is -0.314 e. The zero-order valence-corrected chi connectivity index (χ0v) is 9.44. The SMILES string of the molecule is CN1C(=O)[C@]2(CC=CCC2)c2ccccc21. The molecule has 82 valence electrons. The number of anilines is 1. The number of carbonyl (C=O) groups excluding carboxylic acids is 1. The summed E-state index contributed by atoms with van der Waals surface area (Å²) in [6, 6.07) is 8.18. The first kappa shape index (κ1) is 9.64. The van der Waals surface area contributed by atoms with E-state index >= 15 is 0 Å². The van der Waals surface area contributed by atoms with E-state index in [9.17, 15) is 4.79 Å². The molecule has 0 aromatic heterocycles. The highest BCUT2D eigenvalue weighted by atomic mass is 16.2. The summed E-state index contributed by atoms with van der Waals surface area (Å²) in [6.07, 6.45) is 7.14. The van der Waals surface area contributed by atoms with Crippen LogP contribution in [0.5, 0.6) is 0 Å². The van der Waals surface area contributed by atoms with Gasteiger partial charge in [-0.15, -0.1) is 0 Å². The van der Waals surface area contributed by atoms with Gasteiger partial charge in [0, 0.05) is 12.7 Å². The standard InChI is InChI=1S/C14H15NO/c1-15-12-8-4-3-7-11(12)14(13(15)16)9-5-2-6-10-14/h2-5,7-8H,6,9-10H2,1H3/t14-/m0/s1. The number of amides is 1. The van der Waals surface area contributed by atoms with Crippen molar-refractivity contribution in [1.82, 2.24) is 0 Å². The molecule has 2 nitrogen and oxygen atoms in total. The predicted octanol–water partition coefficient (Wildman–Crippen LogP) is 2.64. The largest absolute Gasteiger partial charge is 0.314 e. The summed E-state index contributed by atoms with van der Waals surface area (Å²) in [7, 11) is 1.88. The van der Waals surface area contributed by atoms with E-state index in [4.69, 9.17) is 0 Å². The van der Waals surface area contributed by atoms with Crippen LogP contribution in [0.4, 0.5) is 5.69 Å². The Labute approximate surface area is 95.6 Å². The summed E-state index contributed by atoms with van der Waals surface area (Å²) in [5, 5.41) is 0. The molecule has 2 aliphatic rings. The topological polar surface area (TPSA) is 20.3 Å². The van der Waals surface area contributed by atoms with Crippen LogP contribution in [-0.2, 0) is 10.2 Å². The number of nitrogens with zero attached hydrogens (tertiary/aromatic N) is 1. The van der Waals surface area contributed by atoms with E-state index in [2.05, 4.69) is 18.2 Å². The van der Waals surface area contributed by atoms with Crippen LogP contribution in [0.1, 0.15) is 24.8 Å². The maximum absolute atomic E-state index is 12.4. The molecule has 2 heteroatoms. The lowest BCUT2D eigenvalue weighted by Crippen LogP contribution is -2.39. The Hall–Kier alpha value is -1.57. The number of fused-ring (bicyclic) bond motifs is 2. The van der Waals surface area contributed by atoms with Crippen molar-refractivity contribution in [1.29, 1.82) is 0 Å². The van der Waals surface area contributed by atoms with Crippen LogP contribution in [0, 0.1) is 0 Å². The van der Waals surface area contributed by atoms with E-state index in [0.717, 1.165) is 24.9 Å². The third-order valence-electron chi connectivity index (χ3n) is 3.87. The third kappa shape index (κ3) is 1.04. The van der Waals surface area contributed by atoms with Gasteiger partial charge in [-0.2, -0.15) is 0 Å². The van der Waals surface area contributed by atoms with Gasteiger partial charge in [0.05, 0.1) is 5.41 Å². The summed E-state index contributed by atoms with van der Waals surface area (Å²) < 4.78 is 0. The Morgan fingerprint density at radius 2 is 2.06 bits per heavy atom. The Balaban J connectivity index is 2.20. The van der Waals surface area contributed by atoms with E-state index < -0.39 is 0 Å². The smallest absolute Gasteiger partial charge is 0.237 e. The molecule has 1 aliphatic heterocycles. The van der Waals surface area contributed by atoms with Crippen LogP contribution in [0.3, 0.4) is 0 Å². The second-order valence-corrected chi connectivity index (χ2v) is 4.68. The molecule has 16 heavy (non-hydrogen) atoms. The molecule has 1 heterocycles. The lowest BCUT2D eigenvalue weighted by atomic mass is 9.73. The molecule has 1 spiro atoms. The molecule has 1 aromatic rings. The molecule has 0 saturated heterocycles. The average molecular weight is 213 g/mol. The van der Waals surface area contributed by atoms with Gasteiger partial charge in [-0.25, -0.2) is 0 Å². The van der Waals surface area contributed by atoms with E-state index in [0.29, 0.717) is 0 Å². The number of para-hydroxylation sites is 1. The fraction of sp³-hybridized carbons (Fsp3) is 0.357. The second kappa shape index (κ2) is 3.21. The molecule has 3 rings (SSSR count). The van der Waals surface area contributed by atoms with Crippen LogP contribution in [0.25, 0.3) is 0 Å². The van der Waals surface area contributed by atoms with Gasteiger partial charge >= 0.3 is 0 Å². The van der Waals surface area contributed by atoms with Crippen molar-refractivity contribution in [3.8, 4) is 0 Å². The maximum atomic E-state index is 12.4. The normalized spacial score (nSPS) is 27.6. The molecule has 0 bridgehead atoms. The highest BCUT2D eigenvalue weighted by Gasteiger charge is 2.48. The molecule has 0 N–H and O–H groups in total. The summed E-state index contributed by atoms with van der Waals surface area (Å²) in [5.74, 6) is 0.262. The summed E-state index contributed by atoms with van der Waals surface area (Å²) in [4.78, 5) is 14.2. The van der Waals surface area contributed by atoms with Crippen LogP contribution in [0.2, 0.25) is 0 Å². The molecule has 0 unspecified atom stereocenters. The molecule has 0 radical (unpaired) electrons. The Morgan fingerprint density at radius 1 is 1.25 bits per heavy atom. The van der Waals surface area contributed by atoms with E-state index in [-0.39, 0.29) is 11.3 Å². The van der Waals surface area contributed by atoms with Crippen molar-refractivity contribution >= 4 is 11.6 Å². The van der Waals surface area contributed by atoms with Crippen molar-refractivity contribution in [3.05, 3.63) is 42.0 Å². The second-order valence-electron chi connectivity index (χ2n) is 4.68. The summed E-state index contributed by atoms with van der Waals surface area (Å²) in [6.45, 7) is 0. The van der Waals surface area contributed by atoms with E-state index in [1.165, 1.54) is 5.56 Å². The molecule has 1 aliphatic carbocycles. The molecule has 1 amide bonds. The molecular weight excluding hydrogens is 198 g/mol. The van der Waals surface area contributed by atoms with Gasteiger partial charge in [-0.05, 0) is 30.9 Å². The quantitative estimate of drug-likeness (QED) is 0.607. The minimum absolute atomic E-state index is 0.262. The number of carbonyl (C=O) groups is 1. The van der Waals surface area contributed by atoms with Gasteiger partial charge in [-0.1, -0.05) is 30.4 Å². The van der Waals surface area contributed by atoms with Gasteiger partial charge in [0.25, 0.3) is 0 Å². The van der Waals surface area contributed by atoms with Gasteiger partial charge in [0.2, 0.25) is 5.91 Å². The first-order chi connectivity index (χ1) is 7.76. The fourth-order valence-corrected chi connectivity index (χ4v) is 2.99. The van der Waals surface area contributed by atoms with Crippen LogP contribution < -0.4 is 4.90 Å². The van der Waals surface area contributed by atoms with Crippen molar-refractivity contribution in [2.75, 3.05) is 11.9 Å². The van der Waals surface area contributed by atoms with E-state index in [1.807, 2.05) is 30.1 Å². The highest BCUT2D eigenvalue weighted by molar-refractivity contribution is 6.07. The average Bonchev–Trinajstić information content (AvgIpc) is 2.55. The fourth-order valence-electron chi connectivity index (χ4n) is 2.99. The molecule has 1 atom stereocenters. The molecular formula is C14H15NO. The minimum atomic E-state index is -0.264. The summed E-state index contributed by atoms with van der Waals surface area (Å²) >= 11 is 0. The van der Waals surface area contributed by atoms with Gasteiger partial charge < -0.3 is 4.90 Å². The Kier molecular flexibility index (Phi) is 1.93. The van der Waals surface area contributed by atoms with Crippen LogP contribution >= 0.6 is 0 Å². The van der Waals surface area contributed by atoms with Crippen LogP contribution in [-0.4, -0.2) is 13.0 Å². The van der Waals surface area contributed by atoms with Gasteiger partial charge in [0.15, 0.2) is 0 Å². The number of allylic oxidation sites excluding steroid dienone is 2. The number of benzene rings is 1. The van der Waals surface area contributed by atoms with Crippen molar-refractivity contribution in [2.24, 2.45) is 0 Å². The number of hydrogen-bond acceptors (Lipinski definition) is 1. The van der Waals surface area contributed by atoms with Crippen LogP contribution in [0.15, 0.2) is 36.4 Å². The predicted molar refractivity (Wildman–Crippen MR) is 64.5 cm³/mol. The molecule has 1 aromatic carbocycles. The van der Waals surface area contributed by atoms with E-state index in [1.54, 1.807) is 0 Å². The Morgan fingerprint density at radius 3 is 2.81 bits per heavy atom.